The van der Waals surface area contributed by atoms with Crippen LogP contribution in [-0.2, 0) is 11.2 Å². The molecule has 0 aliphatic carbocycles. The van der Waals surface area contributed by atoms with E-state index in [4.69, 9.17) is 4.74 Å². The van der Waals surface area contributed by atoms with Crippen molar-refractivity contribution in [2.75, 3.05) is 26.2 Å². The van der Waals surface area contributed by atoms with E-state index < -0.39 is 5.41 Å². The summed E-state index contributed by atoms with van der Waals surface area (Å²) in [5, 5.41) is 9.47. The van der Waals surface area contributed by atoms with Crippen LogP contribution in [0.2, 0.25) is 0 Å². The lowest BCUT2D eigenvalue weighted by atomic mass is 9.73. The fourth-order valence-electron chi connectivity index (χ4n) is 4.51. The molecule has 0 saturated carbocycles. The average Bonchev–Trinajstić information content (AvgIpc) is 3.31. The number of carbonyl (C=O) groups excluding carboxylic acids is 2. The first-order valence-electron chi connectivity index (χ1n) is 10.8. The fourth-order valence-corrected chi connectivity index (χ4v) is 4.51. The molecule has 2 aromatic rings. The van der Waals surface area contributed by atoms with Crippen molar-refractivity contribution in [2.24, 2.45) is 5.41 Å². The molecule has 2 aliphatic rings. The number of aryl methyl sites for hydroxylation is 1. The molecule has 4 rings (SSSR count). The van der Waals surface area contributed by atoms with Crippen molar-refractivity contribution in [2.45, 2.75) is 44.9 Å². The molecule has 2 amide bonds. The zero-order valence-corrected chi connectivity index (χ0v) is 17.2. The van der Waals surface area contributed by atoms with Crippen LogP contribution in [0, 0.1) is 5.41 Å². The minimum Gasteiger partial charge on any atom is -0.491 e. The van der Waals surface area contributed by atoms with Crippen LogP contribution in [0.1, 0.15) is 54.7 Å². The van der Waals surface area contributed by atoms with E-state index in [1.807, 2.05) is 18.2 Å². The number of nitrogens with zero attached hydrogens (tertiary/aromatic N) is 3. The fraction of sp³-hybridized carbons (Fsp3) is 0.545. The van der Waals surface area contributed by atoms with Crippen LogP contribution >= 0.6 is 0 Å². The van der Waals surface area contributed by atoms with Gasteiger partial charge in [0.2, 0.25) is 11.7 Å². The van der Waals surface area contributed by atoms with Gasteiger partial charge >= 0.3 is 0 Å². The Morgan fingerprint density at radius 2 is 1.93 bits per heavy atom. The molecule has 0 bridgehead atoms. The Bertz CT molecular complexity index is 859. The first-order valence-corrected chi connectivity index (χ1v) is 10.8. The van der Waals surface area contributed by atoms with Crippen molar-refractivity contribution in [3.05, 3.63) is 42.0 Å². The third kappa shape index (κ3) is 4.47. The first kappa shape index (κ1) is 20.4. The standard InChI is InChI=1S/C22H29N5O3/c28-20(19-24-16-25-26-19)27-13-10-22(11-14-27)9-5-1-2-6-17-7-3-4-8-18(17)30-15-12-23-21(22)29/h3-4,7-8,16H,1-2,5-6,9-15H2,(H,23,29)(H,24,25,26). The highest BCUT2D eigenvalue weighted by Crippen LogP contribution is 2.37. The number of fused-ring (bicyclic) bond motifs is 1. The number of hydrogen-bond acceptors (Lipinski definition) is 5. The van der Waals surface area contributed by atoms with Crippen LogP contribution in [0.3, 0.4) is 0 Å². The molecule has 1 spiro atoms. The van der Waals surface area contributed by atoms with Crippen molar-refractivity contribution < 1.29 is 14.3 Å². The molecule has 8 heteroatoms. The Hall–Kier alpha value is -2.90. The number of likely N-dealkylation sites (tertiary alicyclic amines) is 1. The quantitative estimate of drug-likeness (QED) is 0.750. The maximum atomic E-state index is 13.1. The van der Waals surface area contributed by atoms with Crippen molar-refractivity contribution in [1.29, 1.82) is 0 Å². The van der Waals surface area contributed by atoms with Crippen LogP contribution in [0.25, 0.3) is 0 Å². The highest BCUT2D eigenvalue weighted by Gasteiger charge is 2.42. The predicted molar refractivity (Wildman–Crippen MR) is 111 cm³/mol. The molecule has 3 heterocycles. The number of amides is 2. The summed E-state index contributed by atoms with van der Waals surface area (Å²) >= 11 is 0. The molecule has 1 fully saturated rings. The van der Waals surface area contributed by atoms with E-state index in [2.05, 4.69) is 26.6 Å². The van der Waals surface area contributed by atoms with E-state index in [0.29, 0.717) is 39.1 Å². The summed E-state index contributed by atoms with van der Waals surface area (Å²) in [6, 6.07) is 8.15. The molecule has 160 valence electrons. The SMILES string of the molecule is O=C(c1ncn[nH]1)N1CCC2(CCCCCc3ccccc3OCCNC2=O)CC1. The number of aromatic nitrogens is 3. The van der Waals surface area contributed by atoms with Gasteiger partial charge in [0.05, 0.1) is 12.0 Å². The van der Waals surface area contributed by atoms with Gasteiger partial charge in [-0.05, 0) is 43.7 Å². The minimum absolute atomic E-state index is 0.0883. The smallest absolute Gasteiger partial charge is 0.291 e. The molecule has 1 aromatic heterocycles. The highest BCUT2D eigenvalue weighted by molar-refractivity contribution is 5.90. The Morgan fingerprint density at radius 1 is 1.10 bits per heavy atom. The number of para-hydroxylation sites is 1. The summed E-state index contributed by atoms with van der Waals surface area (Å²) in [7, 11) is 0. The van der Waals surface area contributed by atoms with E-state index >= 15 is 0 Å². The van der Waals surface area contributed by atoms with Gasteiger partial charge in [0.1, 0.15) is 18.7 Å². The molecule has 0 unspecified atom stereocenters. The molecule has 30 heavy (non-hydrogen) atoms. The molecule has 1 saturated heterocycles. The Labute approximate surface area is 176 Å². The summed E-state index contributed by atoms with van der Waals surface area (Å²) in [5.74, 6) is 1.10. The molecule has 0 atom stereocenters. The topological polar surface area (TPSA) is 100 Å². The van der Waals surface area contributed by atoms with E-state index in [-0.39, 0.29) is 17.6 Å². The summed E-state index contributed by atoms with van der Waals surface area (Å²) < 4.78 is 5.93. The maximum absolute atomic E-state index is 13.1. The lowest BCUT2D eigenvalue weighted by Crippen LogP contribution is -2.51. The number of piperidine rings is 1. The van der Waals surface area contributed by atoms with Crippen molar-refractivity contribution in [3.63, 3.8) is 0 Å². The van der Waals surface area contributed by atoms with Crippen molar-refractivity contribution in [3.8, 4) is 5.75 Å². The predicted octanol–water partition coefficient (Wildman–Crippen LogP) is 2.34. The molecule has 8 nitrogen and oxygen atoms in total. The number of hydrogen-bond donors (Lipinski definition) is 2. The number of H-pyrrole nitrogens is 1. The minimum atomic E-state index is -0.418. The largest absolute Gasteiger partial charge is 0.491 e. The molecule has 1 aromatic carbocycles. The van der Waals surface area contributed by atoms with Gasteiger partial charge < -0.3 is 15.0 Å². The molecular formula is C22H29N5O3. The van der Waals surface area contributed by atoms with Gasteiger partial charge in [-0.1, -0.05) is 31.0 Å². The molecule has 2 aliphatic heterocycles. The Kier molecular flexibility index (Phi) is 6.30. The monoisotopic (exact) mass is 411 g/mol. The van der Waals surface area contributed by atoms with Gasteiger partial charge in [-0.3, -0.25) is 14.7 Å². The lowest BCUT2D eigenvalue weighted by molar-refractivity contribution is -0.134. The zero-order chi connectivity index (χ0) is 20.8. The number of nitrogens with one attached hydrogen (secondary N) is 2. The van der Waals surface area contributed by atoms with Crippen molar-refractivity contribution >= 4 is 11.8 Å². The summed E-state index contributed by atoms with van der Waals surface area (Å²) in [6.45, 7) is 2.04. The molecule has 2 N–H and O–H groups in total. The van der Waals surface area contributed by atoms with Crippen LogP contribution in [0.5, 0.6) is 5.75 Å². The number of aromatic amines is 1. The second-order valence-electron chi connectivity index (χ2n) is 8.18. The third-order valence-electron chi connectivity index (χ3n) is 6.33. The van der Waals surface area contributed by atoms with Gasteiger partial charge in [-0.25, -0.2) is 4.98 Å². The second-order valence-corrected chi connectivity index (χ2v) is 8.18. The number of ether oxygens (including phenoxy) is 1. The van der Waals surface area contributed by atoms with E-state index in [1.165, 1.54) is 11.9 Å². The van der Waals surface area contributed by atoms with Crippen LogP contribution < -0.4 is 10.1 Å². The van der Waals surface area contributed by atoms with Gasteiger partial charge in [0, 0.05) is 13.1 Å². The van der Waals surface area contributed by atoms with Crippen LogP contribution in [0.15, 0.2) is 30.6 Å². The summed E-state index contributed by atoms with van der Waals surface area (Å²) in [5.41, 5.74) is 0.816. The Balaban J connectivity index is 1.40. The lowest BCUT2D eigenvalue weighted by Gasteiger charge is -2.40. The molecular weight excluding hydrogens is 382 g/mol. The van der Waals surface area contributed by atoms with Gasteiger partial charge in [-0.15, -0.1) is 0 Å². The van der Waals surface area contributed by atoms with E-state index in [0.717, 1.165) is 37.9 Å². The number of rotatable bonds is 1. The van der Waals surface area contributed by atoms with Gasteiger partial charge in [0.15, 0.2) is 0 Å². The van der Waals surface area contributed by atoms with Crippen LogP contribution in [-0.4, -0.2) is 58.1 Å². The zero-order valence-electron chi connectivity index (χ0n) is 17.2. The van der Waals surface area contributed by atoms with Crippen molar-refractivity contribution in [1.82, 2.24) is 25.4 Å². The number of benzene rings is 1. The van der Waals surface area contributed by atoms with E-state index in [1.54, 1.807) is 4.90 Å². The summed E-state index contributed by atoms with van der Waals surface area (Å²) in [4.78, 5) is 31.4. The maximum Gasteiger partial charge on any atom is 0.291 e. The Morgan fingerprint density at radius 3 is 2.73 bits per heavy atom. The first-order chi connectivity index (χ1) is 14.7. The average molecular weight is 412 g/mol. The third-order valence-corrected chi connectivity index (χ3v) is 6.33. The highest BCUT2D eigenvalue weighted by atomic mass is 16.5. The number of carbonyl (C=O) groups is 2. The summed E-state index contributed by atoms with van der Waals surface area (Å²) in [6.07, 6.45) is 7.67. The second kappa shape index (κ2) is 9.28. The van der Waals surface area contributed by atoms with E-state index in [9.17, 15) is 9.59 Å². The van der Waals surface area contributed by atoms with Crippen LogP contribution in [0.4, 0.5) is 0 Å². The molecule has 0 radical (unpaired) electrons. The van der Waals surface area contributed by atoms with Gasteiger partial charge in [0.25, 0.3) is 5.91 Å². The normalized spacial score (nSPS) is 20.1. The van der Waals surface area contributed by atoms with Gasteiger partial charge in [-0.2, -0.15) is 5.10 Å².